The second-order valence-corrected chi connectivity index (χ2v) is 9.33. The molecule has 1 atom stereocenters. The molecule has 0 fully saturated rings. The summed E-state index contributed by atoms with van der Waals surface area (Å²) in [5.74, 6) is 0.847. The summed E-state index contributed by atoms with van der Waals surface area (Å²) >= 11 is 3.21. The molecule has 0 bridgehead atoms. The molecule has 3 aromatic carbocycles. The highest BCUT2D eigenvalue weighted by atomic mass is 32.2. The third kappa shape index (κ3) is 4.74. The Balaban J connectivity index is 1.62. The molecule has 0 spiro atoms. The number of hydrogen-bond acceptors (Lipinski definition) is 4. The lowest BCUT2D eigenvalue weighted by Gasteiger charge is -2.21. The SMILES string of the molecule is Cc1ccc(C)c(NC(=O)[C@@H](SC2=Nc3ccccc3CS2)c2ccccc2)c1. The Morgan fingerprint density at radius 3 is 2.62 bits per heavy atom. The molecule has 0 saturated heterocycles. The van der Waals surface area contributed by atoms with Crippen LogP contribution in [0.1, 0.15) is 27.5 Å². The maximum Gasteiger partial charge on any atom is 0.242 e. The predicted octanol–water partition coefficient (Wildman–Crippen LogP) is 6.65. The number of aliphatic imine (C=N–C) groups is 1. The number of fused-ring (bicyclic) bond motifs is 1. The molecule has 1 aliphatic rings. The van der Waals surface area contributed by atoms with Crippen LogP contribution in [0.2, 0.25) is 0 Å². The first-order chi connectivity index (χ1) is 14.1. The number of carbonyl (C=O) groups excluding carboxylic acids is 1. The number of nitrogens with one attached hydrogen (secondary N) is 1. The molecule has 1 amide bonds. The van der Waals surface area contributed by atoms with E-state index in [1.807, 2.05) is 74.5 Å². The lowest BCUT2D eigenvalue weighted by Crippen LogP contribution is -2.20. The van der Waals surface area contributed by atoms with Gasteiger partial charge in [0.25, 0.3) is 0 Å². The summed E-state index contributed by atoms with van der Waals surface area (Å²) in [6, 6.07) is 24.2. The maximum atomic E-state index is 13.3. The van der Waals surface area contributed by atoms with Crippen LogP contribution in [-0.2, 0) is 10.5 Å². The van der Waals surface area contributed by atoms with E-state index in [0.29, 0.717) is 0 Å². The molecule has 0 unspecified atom stereocenters. The van der Waals surface area contributed by atoms with Crippen LogP contribution in [0.5, 0.6) is 0 Å². The van der Waals surface area contributed by atoms with Gasteiger partial charge in [-0.3, -0.25) is 4.79 Å². The number of carbonyl (C=O) groups is 1. The highest BCUT2D eigenvalue weighted by Crippen LogP contribution is 2.40. The van der Waals surface area contributed by atoms with Gasteiger partial charge < -0.3 is 5.32 Å². The normalized spacial score (nSPS) is 13.9. The molecule has 29 heavy (non-hydrogen) atoms. The summed E-state index contributed by atoms with van der Waals surface area (Å²) in [7, 11) is 0. The minimum atomic E-state index is -0.368. The van der Waals surface area contributed by atoms with Crippen molar-refractivity contribution in [3.63, 3.8) is 0 Å². The summed E-state index contributed by atoms with van der Waals surface area (Å²) in [4.78, 5) is 18.1. The minimum Gasteiger partial charge on any atom is -0.325 e. The minimum absolute atomic E-state index is 0.0305. The summed E-state index contributed by atoms with van der Waals surface area (Å²) < 4.78 is 0.925. The molecule has 0 aromatic heterocycles. The van der Waals surface area contributed by atoms with Crippen LogP contribution >= 0.6 is 23.5 Å². The van der Waals surface area contributed by atoms with Gasteiger partial charge in [-0.15, -0.1) is 0 Å². The number of aryl methyl sites for hydroxylation is 2. The molecule has 0 saturated carbocycles. The van der Waals surface area contributed by atoms with E-state index in [-0.39, 0.29) is 11.2 Å². The van der Waals surface area contributed by atoms with Gasteiger partial charge in [-0.1, -0.05) is 84.2 Å². The molecule has 4 rings (SSSR count). The lowest BCUT2D eigenvalue weighted by molar-refractivity contribution is -0.115. The van der Waals surface area contributed by atoms with Crippen molar-refractivity contribution in [3.05, 3.63) is 95.1 Å². The fraction of sp³-hybridized carbons (Fsp3) is 0.167. The number of hydrogen-bond donors (Lipinski definition) is 1. The smallest absolute Gasteiger partial charge is 0.242 e. The quantitative estimate of drug-likeness (QED) is 0.516. The van der Waals surface area contributed by atoms with Crippen LogP contribution in [0.3, 0.4) is 0 Å². The third-order valence-corrected chi connectivity index (χ3v) is 7.22. The van der Waals surface area contributed by atoms with E-state index < -0.39 is 0 Å². The summed E-state index contributed by atoms with van der Waals surface area (Å²) in [5, 5.41) is 2.77. The monoisotopic (exact) mass is 418 g/mol. The average molecular weight is 419 g/mol. The Bertz CT molecular complexity index is 1060. The largest absolute Gasteiger partial charge is 0.325 e. The molecular weight excluding hydrogens is 396 g/mol. The van der Waals surface area contributed by atoms with Gasteiger partial charge in [0.2, 0.25) is 5.91 Å². The Hall–Kier alpha value is -2.50. The zero-order valence-electron chi connectivity index (χ0n) is 16.4. The van der Waals surface area contributed by atoms with Gasteiger partial charge in [0.05, 0.1) is 5.69 Å². The first-order valence-corrected chi connectivity index (χ1v) is 11.4. The van der Waals surface area contributed by atoms with Crippen molar-refractivity contribution >= 4 is 45.2 Å². The molecule has 146 valence electrons. The van der Waals surface area contributed by atoms with Crippen LogP contribution in [0.25, 0.3) is 0 Å². The zero-order valence-corrected chi connectivity index (χ0v) is 18.0. The Morgan fingerprint density at radius 1 is 1.03 bits per heavy atom. The summed E-state index contributed by atoms with van der Waals surface area (Å²) in [5.41, 5.74) is 6.24. The number of nitrogens with zero attached hydrogens (tertiary/aromatic N) is 1. The second kappa shape index (κ2) is 8.89. The maximum absolute atomic E-state index is 13.3. The van der Waals surface area contributed by atoms with Crippen molar-refractivity contribution in [2.24, 2.45) is 4.99 Å². The highest BCUT2D eigenvalue weighted by Gasteiger charge is 2.26. The van der Waals surface area contributed by atoms with Crippen LogP contribution in [-0.4, -0.2) is 10.3 Å². The average Bonchev–Trinajstić information content (AvgIpc) is 2.75. The standard InChI is InChI=1S/C24H22N2OS2/c1-16-12-13-17(2)21(14-16)25-23(27)22(18-8-4-3-5-9-18)29-24-26-20-11-7-6-10-19(20)15-28-24/h3-14,22H,15H2,1-2H3,(H,25,27)/t22-/m0/s1. The van der Waals surface area contributed by atoms with Crippen molar-refractivity contribution in [3.8, 4) is 0 Å². The molecule has 5 heteroatoms. The molecule has 0 aliphatic carbocycles. The second-order valence-electron chi connectivity index (χ2n) is 7.01. The Morgan fingerprint density at radius 2 is 1.79 bits per heavy atom. The molecule has 3 aromatic rings. The van der Waals surface area contributed by atoms with E-state index in [4.69, 9.17) is 4.99 Å². The van der Waals surface area contributed by atoms with E-state index in [0.717, 1.165) is 38.2 Å². The van der Waals surface area contributed by atoms with E-state index in [1.54, 1.807) is 11.8 Å². The molecular formula is C24H22N2OS2. The van der Waals surface area contributed by atoms with Gasteiger partial charge in [0.15, 0.2) is 0 Å². The number of benzene rings is 3. The van der Waals surface area contributed by atoms with Crippen LogP contribution in [0, 0.1) is 13.8 Å². The summed E-state index contributed by atoms with van der Waals surface area (Å²) in [6.45, 7) is 4.04. The van der Waals surface area contributed by atoms with E-state index in [2.05, 4.69) is 17.4 Å². The molecule has 1 aliphatic heterocycles. The van der Waals surface area contributed by atoms with Crippen LogP contribution in [0.15, 0.2) is 77.8 Å². The van der Waals surface area contributed by atoms with Gasteiger partial charge in [0, 0.05) is 11.4 Å². The van der Waals surface area contributed by atoms with Gasteiger partial charge in [-0.25, -0.2) is 4.99 Å². The van der Waals surface area contributed by atoms with Crippen LogP contribution in [0.4, 0.5) is 11.4 Å². The van der Waals surface area contributed by atoms with Crippen molar-refractivity contribution in [1.29, 1.82) is 0 Å². The highest BCUT2D eigenvalue weighted by molar-refractivity contribution is 8.38. The van der Waals surface area contributed by atoms with Gasteiger partial charge in [-0.2, -0.15) is 0 Å². The van der Waals surface area contributed by atoms with E-state index >= 15 is 0 Å². The lowest BCUT2D eigenvalue weighted by atomic mass is 10.1. The first-order valence-electron chi connectivity index (χ1n) is 9.49. The van der Waals surface area contributed by atoms with Crippen molar-refractivity contribution in [2.75, 3.05) is 5.32 Å². The number of rotatable bonds is 4. The number of amides is 1. The van der Waals surface area contributed by atoms with E-state index in [9.17, 15) is 4.79 Å². The number of para-hydroxylation sites is 1. The first kappa shape index (κ1) is 19.8. The Kier molecular flexibility index (Phi) is 6.07. The van der Waals surface area contributed by atoms with Crippen molar-refractivity contribution < 1.29 is 4.79 Å². The topological polar surface area (TPSA) is 41.5 Å². The summed E-state index contributed by atoms with van der Waals surface area (Å²) in [6.07, 6.45) is 0. The molecule has 1 heterocycles. The number of thioether (sulfide) groups is 2. The van der Waals surface area contributed by atoms with Crippen molar-refractivity contribution in [1.82, 2.24) is 0 Å². The van der Waals surface area contributed by atoms with Gasteiger partial charge in [0.1, 0.15) is 9.63 Å². The van der Waals surface area contributed by atoms with Crippen molar-refractivity contribution in [2.45, 2.75) is 24.9 Å². The molecule has 3 nitrogen and oxygen atoms in total. The third-order valence-electron chi connectivity index (χ3n) is 4.76. The van der Waals surface area contributed by atoms with Crippen LogP contribution < -0.4 is 5.32 Å². The van der Waals surface area contributed by atoms with Gasteiger partial charge >= 0.3 is 0 Å². The molecule has 0 radical (unpaired) electrons. The van der Waals surface area contributed by atoms with Gasteiger partial charge in [-0.05, 0) is 48.2 Å². The van der Waals surface area contributed by atoms with E-state index in [1.165, 1.54) is 17.3 Å². The zero-order chi connectivity index (χ0) is 20.2. The fourth-order valence-corrected chi connectivity index (χ4v) is 5.38. The predicted molar refractivity (Wildman–Crippen MR) is 126 cm³/mol. The Labute approximate surface area is 180 Å². The molecule has 1 N–H and O–H groups in total. The fourth-order valence-electron chi connectivity index (χ4n) is 3.14. The number of anilines is 1.